The van der Waals surface area contributed by atoms with Crippen molar-refractivity contribution in [2.45, 2.75) is 25.7 Å². The maximum absolute atomic E-state index is 3.45. The van der Waals surface area contributed by atoms with Crippen LogP contribution in [0.3, 0.4) is 0 Å². The van der Waals surface area contributed by atoms with Gasteiger partial charge in [-0.15, -0.1) is 24.8 Å². The summed E-state index contributed by atoms with van der Waals surface area (Å²) >= 11 is 0. The lowest BCUT2D eigenvalue weighted by molar-refractivity contribution is 0.149. The fourth-order valence-corrected chi connectivity index (χ4v) is 2.82. The molecule has 2 rings (SSSR count). The summed E-state index contributed by atoms with van der Waals surface area (Å²) in [7, 11) is 2.25. The van der Waals surface area contributed by atoms with E-state index in [0.29, 0.717) is 0 Å². The van der Waals surface area contributed by atoms with Crippen LogP contribution >= 0.6 is 24.8 Å². The largest absolute Gasteiger partial charge is 0.317 e. The normalized spacial score (nSPS) is 25.4. The second kappa shape index (κ2) is 7.72. The molecule has 2 fully saturated rings. The van der Waals surface area contributed by atoms with Crippen molar-refractivity contribution in [3.8, 4) is 0 Å². The summed E-state index contributed by atoms with van der Waals surface area (Å²) in [6.45, 7) is 5.18. The lowest BCUT2D eigenvalue weighted by Gasteiger charge is -2.36. The molecular weight excluding hydrogens is 231 g/mol. The van der Waals surface area contributed by atoms with Gasteiger partial charge < -0.3 is 10.2 Å². The third-order valence-electron chi connectivity index (χ3n) is 3.81. The molecule has 0 atom stereocenters. The van der Waals surface area contributed by atoms with Gasteiger partial charge in [-0.2, -0.15) is 0 Å². The Balaban J connectivity index is 0.000000980. The van der Waals surface area contributed by atoms with Crippen LogP contribution in [0.25, 0.3) is 0 Å². The Kier molecular flexibility index (Phi) is 7.98. The van der Waals surface area contributed by atoms with Crippen molar-refractivity contribution < 1.29 is 0 Å². The van der Waals surface area contributed by atoms with Crippen LogP contribution < -0.4 is 5.32 Å². The molecule has 0 aromatic heterocycles. The number of nitrogens with zero attached hydrogens (tertiary/aromatic N) is 1. The van der Waals surface area contributed by atoms with Gasteiger partial charge in [0.25, 0.3) is 0 Å². The van der Waals surface area contributed by atoms with Crippen LogP contribution in [0.5, 0.6) is 0 Å². The topological polar surface area (TPSA) is 15.3 Å². The summed E-state index contributed by atoms with van der Waals surface area (Å²) in [6.07, 6.45) is 5.74. The molecule has 2 heterocycles. The van der Waals surface area contributed by atoms with Gasteiger partial charge in [-0.05, 0) is 70.7 Å². The highest BCUT2D eigenvalue weighted by molar-refractivity contribution is 5.85. The van der Waals surface area contributed by atoms with Crippen LogP contribution in [0.15, 0.2) is 0 Å². The lowest BCUT2D eigenvalue weighted by atomic mass is 9.79. The maximum atomic E-state index is 3.45. The molecule has 2 aliphatic heterocycles. The highest BCUT2D eigenvalue weighted by Gasteiger charge is 2.26. The predicted octanol–water partition coefficient (Wildman–Crippen LogP) is 2.17. The molecule has 0 unspecified atom stereocenters. The minimum absolute atomic E-state index is 0. The van der Waals surface area contributed by atoms with Crippen molar-refractivity contribution in [2.75, 3.05) is 33.2 Å². The van der Waals surface area contributed by atoms with Gasteiger partial charge in [0, 0.05) is 0 Å². The van der Waals surface area contributed by atoms with Crippen LogP contribution in [-0.4, -0.2) is 38.1 Å². The minimum atomic E-state index is 0. The zero-order valence-electron chi connectivity index (χ0n) is 9.58. The Hall–Kier alpha value is 0.500. The molecule has 0 aromatic carbocycles. The number of hydrogen-bond donors (Lipinski definition) is 1. The molecule has 0 aliphatic carbocycles. The van der Waals surface area contributed by atoms with Crippen molar-refractivity contribution in [1.29, 1.82) is 0 Å². The van der Waals surface area contributed by atoms with E-state index in [4.69, 9.17) is 0 Å². The summed E-state index contributed by atoms with van der Waals surface area (Å²) in [4.78, 5) is 2.47. The molecular formula is C11H24Cl2N2. The van der Waals surface area contributed by atoms with Crippen molar-refractivity contribution in [1.82, 2.24) is 10.2 Å². The fraction of sp³-hybridized carbons (Fsp3) is 1.00. The summed E-state index contributed by atoms with van der Waals surface area (Å²) in [6, 6.07) is 0. The van der Waals surface area contributed by atoms with E-state index in [1.54, 1.807) is 0 Å². The minimum Gasteiger partial charge on any atom is -0.317 e. The van der Waals surface area contributed by atoms with Gasteiger partial charge in [0.05, 0.1) is 0 Å². The lowest BCUT2D eigenvalue weighted by Crippen LogP contribution is -2.37. The number of nitrogens with one attached hydrogen (secondary N) is 1. The van der Waals surface area contributed by atoms with E-state index >= 15 is 0 Å². The van der Waals surface area contributed by atoms with Gasteiger partial charge in [-0.25, -0.2) is 0 Å². The molecule has 2 saturated heterocycles. The van der Waals surface area contributed by atoms with Crippen LogP contribution in [0.1, 0.15) is 25.7 Å². The van der Waals surface area contributed by atoms with Crippen LogP contribution in [0.2, 0.25) is 0 Å². The van der Waals surface area contributed by atoms with Crippen molar-refractivity contribution in [2.24, 2.45) is 11.8 Å². The van der Waals surface area contributed by atoms with Gasteiger partial charge >= 0.3 is 0 Å². The molecule has 92 valence electrons. The Morgan fingerprint density at radius 2 is 1.33 bits per heavy atom. The first kappa shape index (κ1) is 15.5. The van der Waals surface area contributed by atoms with Gasteiger partial charge in [-0.3, -0.25) is 0 Å². The SMILES string of the molecule is CN1CCC(C2CCNCC2)CC1.Cl.Cl. The molecule has 0 amide bonds. The second-order valence-corrected chi connectivity index (χ2v) is 4.73. The summed E-state index contributed by atoms with van der Waals surface area (Å²) < 4.78 is 0. The molecule has 15 heavy (non-hydrogen) atoms. The number of halogens is 2. The number of likely N-dealkylation sites (tertiary alicyclic amines) is 1. The Morgan fingerprint density at radius 3 is 1.87 bits per heavy atom. The maximum Gasteiger partial charge on any atom is -0.00190 e. The van der Waals surface area contributed by atoms with E-state index in [0.717, 1.165) is 11.8 Å². The number of hydrogen-bond acceptors (Lipinski definition) is 2. The number of piperidine rings is 2. The molecule has 0 aromatic rings. The number of rotatable bonds is 1. The third kappa shape index (κ3) is 4.48. The summed E-state index contributed by atoms with van der Waals surface area (Å²) in [5.41, 5.74) is 0. The molecule has 0 spiro atoms. The highest BCUT2D eigenvalue weighted by atomic mass is 35.5. The first-order chi connectivity index (χ1) is 6.36. The van der Waals surface area contributed by atoms with E-state index in [1.165, 1.54) is 51.9 Å². The fourth-order valence-electron chi connectivity index (χ4n) is 2.82. The molecule has 0 saturated carbocycles. The molecule has 4 heteroatoms. The Labute approximate surface area is 106 Å². The predicted molar refractivity (Wildman–Crippen MR) is 70.3 cm³/mol. The summed E-state index contributed by atoms with van der Waals surface area (Å²) in [5, 5.41) is 3.45. The van der Waals surface area contributed by atoms with Crippen LogP contribution in [-0.2, 0) is 0 Å². The van der Waals surface area contributed by atoms with Gasteiger partial charge in [0.2, 0.25) is 0 Å². The standard InChI is InChI=1S/C11H22N2.2ClH/c1-13-8-4-11(5-9-13)10-2-6-12-7-3-10;;/h10-12H,2-9H2,1H3;2*1H. The average molecular weight is 255 g/mol. The second-order valence-electron chi connectivity index (χ2n) is 4.73. The van der Waals surface area contributed by atoms with Crippen molar-refractivity contribution in [3.63, 3.8) is 0 Å². The quantitative estimate of drug-likeness (QED) is 0.772. The smallest absolute Gasteiger partial charge is 0.00190 e. The zero-order chi connectivity index (χ0) is 9.10. The summed E-state index contributed by atoms with van der Waals surface area (Å²) in [5.74, 6) is 2.08. The first-order valence-electron chi connectivity index (χ1n) is 5.75. The molecule has 0 bridgehead atoms. The van der Waals surface area contributed by atoms with E-state index in [1.807, 2.05) is 0 Å². The van der Waals surface area contributed by atoms with E-state index in [9.17, 15) is 0 Å². The average Bonchev–Trinajstić information content (AvgIpc) is 2.20. The van der Waals surface area contributed by atoms with Crippen molar-refractivity contribution >= 4 is 24.8 Å². The Bertz CT molecular complexity index is 153. The molecule has 2 aliphatic rings. The molecule has 2 nitrogen and oxygen atoms in total. The first-order valence-corrected chi connectivity index (χ1v) is 5.75. The van der Waals surface area contributed by atoms with Gasteiger partial charge in [0.15, 0.2) is 0 Å². The highest BCUT2D eigenvalue weighted by Crippen LogP contribution is 2.30. The molecule has 0 radical (unpaired) electrons. The third-order valence-corrected chi connectivity index (χ3v) is 3.81. The molecule has 1 N–H and O–H groups in total. The van der Waals surface area contributed by atoms with Crippen LogP contribution in [0, 0.1) is 11.8 Å². The van der Waals surface area contributed by atoms with E-state index in [2.05, 4.69) is 17.3 Å². The van der Waals surface area contributed by atoms with Crippen LogP contribution in [0.4, 0.5) is 0 Å². The van der Waals surface area contributed by atoms with E-state index in [-0.39, 0.29) is 24.8 Å². The van der Waals surface area contributed by atoms with E-state index < -0.39 is 0 Å². The van der Waals surface area contributed by atoms with Gasteiger partial charge in [0.1, 0.15) is 0 Å². The van der Waals surface area contributed by atoms with Crippen molar-refractivity contribution in [3.05, 3.63) is 0 Å². The zero-order valence-corrected chi connectivity index (χ0v) is 11.2. The Morgan fingerprint density at radius 1 is 0.867 bits per heavy atom. The monoisotopic (exact) mass is 254 g/mol. The van der Waals surface area contributed by atoms with Gasteiger partial charge in [-0.1, -0.05) is 0 Å².